The highest BCUT2D eigenvalue weighted by molar-refractivity contribution is 5.78. The summed E-state index contributed by atoms with van der Waals surface area (Å²) in [4.78, 5) is 20.1. The Kier molecular flexibility index (Phi) is 3.51. The highest BCUT2D eigenvalue weighted by Crippen LogP contribution is 2.04. The van der Waals surface area contributed by atoms with Crippen LogP contribution in [0.15, 0.2) is 24.5 Å². The third-order valence-electron chi connectivity index (χ3n) is 2.96. The van der Waals surface area contributed by atoms with Crippen LogP contribution in [0.5, 0.6) is 0 Å². The maximum absolute atomic E-state index is 12.0. The maximum atomic E-state index is 12.0. The maximum Gasteiger partial charge on any atom is 0.227 e. The molecule has 0 saturated carbocycles. The van der Waals surface area contributed by atoms with Crippen LogP contribution >= 0.6 is 0 Å². The summed E-state index contributed by atoms with van der Waals surface area (Å²) in [6.45, 7) is 3.64. The molecule has 0 unspecified atom stereocenters. The van der Waals surface area contributed by atoms with E-state index in [1.807, 2.05) is 17.0 Å². The predicted octanol–water partition coefficient (Wildman–Crippen LogP) is 0.398. The Balaban J connectivity index is 1.89. The van der Waals surface area contributed by atoms with Gasteiger partial charge < -0.3 is 9.80 Å². The van der Waals surface area contributed by atoms with E-state index in [0.717, 1.165) is 31.7 Å². The van der Waals surface area contributed by atoms with E-state index in [4.69, 9.17) is 0 Å². The Morgan fingerprint density at radius 3 is 2.50 bits per heavy atom. The van der Waals surface area contributed by atoms with Gasteiger partial charge in [0.15, 0.2) is 0 Å². The van der Waals surface area contributed by atoms with Crippen LogP contribution in [0.2, 0.25) is 0 Å². The third kappa shape index (κ3) is 2.79. The second kappa shape index (κ2) is 5.07. The molecule has 0 atom stereocenters. The summed E-state index contributed by atoms with van der Waals surface area (Å²) >= 11 is 0. The molecule has 86 valence electrons. The van der Waals surface area contributed by atoms with Crippen molar-refractivity contribution >= 4 is 5.91 Å². The van der Waals surface area contributed by atoms with E-state index in [9.17, 15) is 4.79 Å². The molecule has 1 aliphatic rings. The zero-order valence-electron chi connectivity index (χ0n) is 9.59. The Labute approximate surface area is 95.9 Å². The van der Waals surface area contributed by atoms with Crippen LogP contribution < -0.4 is 0 Å². The first-order valence-electron chi connectivity index (χ1n) is 5.61. The van der Waals surface area contributed by atoms with Crippen molar-refractivity contribution in [2.75, 3.05) is 33.2 Å². The van der Waals surface area contributed by atoms with Crippen LogP contribution in [0, 0.1) is 0 Å². The number of pyridine rings is 1. The number of hydrogen-bond acceptors (Lipinski definition) is 3. The second-order valence-corrected chi connectivity index (χ2v) is 4.22. The van der Waals surface area contributed by atoms with Crippen LogP contribution in [-0.2, 0) is 11.2 Å². The van der Waals surface area contributed by atoms with E-state index in [0.29, 0.717) is 6.42 Å². The van der Waals surface area contributed by atoms with E-state index in [1.165, 1.54) is 0 Å². The number of rotatable bonds is 2. The molecular weight excluding hydrogens is 202 g/mol. The number of amides is 1. The van der Waals surface area contributed by atoms with E-state index in [2.05, 4.69) is 16.9 Å². The summed E-state index contributed by atoms with van der Waals surface area (Å²) < 4.78 is 0. The fourth-order valence-electron chi connectivity index (χ4n) is 1.84. The normalized spacial score (nSPS) is 17.4. The van der Waals surface area contributed by atoms with Gasteiger partial charge in [-0.15, -0.1) is 0 Å². The molecule has 2 rings (SSSR count). The van der Waals surface area contributed by atoms with Gasteiger partial charge in [-0.3, -0.25) is 9.78 Å². The molecule has 1 aromatic rings. The first-order chi connectivity index (χ1) is 7.75. The number of aromatic nitrogens is 1. The summed E-state index contributed by atoms with van der Waals surface area (Å²) in [6.07, 6.45) is 3.95. The first-order valence-corrected chi connectivity index (χ1v) is 5.61. The Morgan fingerprint density at radius 1 is 1.25 bits per heavy atom. The highest BCUT2D eigenvalue weighted by atomic mass is 16.2. The topological polar surface area (TPSA) is 36.4 Å². The van der Waals surface area contributed by atoms with Crippen molar-refractivity contribution in [1.82, 2.24) is 14.8 Å². The quantitative estimate of drug-likeness (QED) is 0.722. The molecule has 1 saturated heterocycles. The van der Waals surface area contributed by atoms with Gasteiger partial charge in [-0.2, -0.15) is 0 Å². The lowest BCUT2D eigenvalue weighted by atomic mass is 10.1. The molecule has 1 aromatic heterocycles. The van der Waals surface area contributed by atoms with E-state index in [1.54, 1.807) is 12.4 Å². The van der Waals surface area contributed by atoms with Gasteiger partial charge in [-0.25, -0.2) is 0 Å². The van der Waals surface area contributed by atoms with Crippen molar-refractivity contribution in [3.63, 3.8) is 0 Å². The van der Waals surface area contributed by atoms with Gasteiger partial charge in [0.25, 0.3) is 0 Å². The fourth-order valence-corrected chi connectivity index (χ4v) is 1.84. The van der Waals surface area contributed by atoms with Gasteiger partial charge in [-0.05, 0) is 24.7 Å². The van der Waals surface area contributed by atoms with Gasteiger partial charge in [0.2, 0.25) is 5.91 Å². The number of likely N-dealkylation sites (N-methyl/N-ethyl adjacent to an activating group) is 1. The number of hydrogen-bond donors (Lipinski definition) is 0. The summed E-state index contributed by atoms with van der Waals surface area (Å²) in [5.41, 5.74) is 1.04. The third-order valence-corrected chi connectivity index (χ3v) is 2.96. The molecule has 0 radical (unpaired) electrons. The molecule has 0 bridgehead atoms. The summed E-state index contributed by atoms with van der Waals surface area (Å²) in [7, 11) is 2.09. The van der Waals surface area contributed by atoms with Crippen molar-refractivity contribution in [3.8, 4) is 0 Å². The zero-order valence-corrected chi connectivity index (χ0v) is 9.59. The van der Waals surface area contributed by atoms with E-state index in [-0.39, 0.29) is 5.91 Å². The second-order valence-electron chi connectivity index (χ2n) is 4.22. The van der Waals surface area contributed by atoms with Gasteiger partial charge in [0, 0.05) is 38.6 Å². The smallest absolute Gasteiger partial charge is 0.227 e. The zero-order chi connectivity index (χ0) is 11.4. The first kappa shape index (κ1) is 11.1. The molecule has 0 spiro atoms. The van der Waals surface area contributed by atoms with Crippen LogP contribution in [-0.4, -0.2) is 53.9 Å². The van der Waals surface area contributed by atoms with Crippen molar-refractivity contribution < 1.29 is 4.79 Å². The van der Waals surface area contributed by atoms with Crippen LogP contribution in [0.1, 0.15) is 5.56 Å². The minimum atomic E-state index is 0.222. The van der Waals surface area contributed by atoms with Crippen molar-refractivity contribution in [2.24, 2.45) is 0 Å². The minimum Gasteiger partial charge on any atom is -0.340 e. The molecule has 2 heterocycles. The molecule has 1 aliphatic heterocycles. The SMILES string of the molecule is CN1CCN(C(=O)Cc2ccncc2)CC1. The lowest BCUT2D eigenvalue weighted by molar-refractivity contribution is -0.132. The average molecular weight is 219 g/mol. The molecule has 1 fully saturated rings. The molecular formula is C12H17N3O. The lowest BCUT2D eigenvalue weighted by Gasteiger charge is -2.32. The van der Waals surface area contributed by atoms with Crippen molar-refractivity contribution in [1.29, 1.82) is 0 Å². The molecule has 16 heavy (non-hydrogen) atoms. The Hall–Kier alpha value is -1.42. The van der Waals surface area contributed by atoms with Gasteiger partial charge in [-0.1, -0.05) is 0 Å². The molecule has 0 aliphatic carbocycles. The van der Waals surface area contributed by atoms with Gasteiger partial charge >= 0.3 is 0 Å². The standard InChI is InChI=1S/C12H17N3O/c1-14-6-8-15(9-7-14)12(16)10-11-2-4-13-5-3-11/h2-5H,6-10H2,1H3. The van der Waals surface area contributed by atoms with Gasteiger partial charge in [0.05, 0.1) is 6.42 Å². The van der Waals surface area contributed by atoms with Crippen molar-refractivity contribution in [2.45, 2.75) is 6.42 Å². The molecule has 1 amide bonds. The summed E-state index contributed by atoms with van der Waals surface area (Å²) in [6, 6.07) is 3.79. The number of piperazine rings is 1. The summed E-state index contributed by atoms with van der Waals surface area (Å²) in [5.74, 6) is 0.222. The average Bonchev–Trinajstić information content (AvgIpc) is 2.31. The monoisotopic (exact) mass is 219 g/mol. The predicted molar refractivity (Wildman–Crippen MR) is 62.0 cm³/mol. The molecule has 0 aromatic carbocycles. The van der Waals surface area contributed by atoms with Gasteiger partial charge in [0.1, 0.15) is 0 Å². The Bertz CT molecular complexity index is 345. The highest BCUT2D eigenvalue weighted by Gasteiger charge is 2.18. The molecule has 4 nitrogen and oxygen atoms in total. The van der Waals surface area contributed by atoms with E-state index < -0.39 is 0 Å². The fraction of sp³-hybridized carbons (Fsp3) is 0.500. The number of carbonyl (C=O) groups excluding carboxylic acids is 1. The Morgan fingerprint density at radius 2 is 1.88 bits per heavy atom. The number of carbonyl (C=O) groups is 1. The minimum absolute atomic E-state index is 0.222. The van der Waals surface area contributed by atoms with Crippen LogP contribution in [0.3, 0.4) is 0 Å². The van der Waals surface area contributed by atoms with Crippen LogP contribution in [0.4, 0.5) is 0 Å². The molecule has 4 heteroatoms. The lowest BCUT2D eigenvalue weighted by Crippen LogP contribution is -2.47. The summed E-state index contributed by atoms with van der Waals surface area (Å²) in [5, 5.41) is 0. The molecule has 0 N–H and O–H groups in total. The van der Waals surface area contributed by atoms with Crippen LogP contribution in [0.25, 0.3) is 0 Å². The van der Waals surface area contributed by atoms with Crippen molar-refractivity contribution in [3.05, 3.63) is 30.1 Å². The number of nitrogens with zero attached hydrogens (tertiary/aromatic N) is 3. The van der Waals surface area contributed by atoms with E-state index >= 15 is 0 Å². The largest absolute Gasteiger partial charge is 0.340 e.